The van der Waals surface area contributed by atoms with Gasteiger partial charge in [0, 0.05) is 12.6 Å². The van der Waals surface area contributed by atoms with E-state index in [0.29, 0.717) is 6.54 Å². The third kappa shape index (κ3) is 4.49. The molecule has 0 aliphatic heterocycles. The second kappa shape index (κ2) is 6.33. The Labute approximate surface area is 98.9 Å². The number of ketones is 1. The number of nitrogens with one attached hydrogen (secondary N) is 1. The van der Waals surface area contributed by atoms with Crippen molar-refractivity contribution in [2.45, 2.75) is 13.5 Å². The lowest BCUT2D eigenvalue weighted by molar-refractivity contribution is -0.112. The molecule has 0 radical (unpaired) electrons. The maximum absolute atomic E-state index is 12.6. The molecular formula is C12H14FNOS. The van der Waals surface area contributed by atoms with Crippen LogP contribution >= 0.6 is 11.8 Å². The summed E-state index contributed by atoms with van der Waals surface area (Å²) in [7, 11) is 0. The predicted octanol–water partition coefficient (Wildman–Crippen LogP) is 2.71. The average Bonchev–Trinajstić information content (AvgIpc) is 2.26. The summed E-state index contributed by atoms with van der Waals surface area (Å²) in [6.45, 7) is 2.09. The minimum absolute atomic E-state index is 0.0101. The molecule has 1 N–H and O–H groups in total. The number of halogens is 1. The minimum Gasteiger partial charge on any atom is -0.376 e. The molecule has 4 heteroatoms. The highest BCUT2D eigenvalue weighted by molar-refractivity contribution is 8.02. The lowest BCUT2D eigenvalue weighted by atomic mass is 10.2. The average molecular weight is 239 g/mol. The lowest BCUT2D eigenvalue weighted by Crippen LogP contribution is -2.11. The first-order valence-electron chi connectivity index (χ1n) is 4.86. The molecule has 1 aromatic rings. The van der Waals surface area contributed by atoms with Gasteiger partial charge in [-0.25, -0.2) is 4.39 Å². The van der Waals surface area contributed by atoms with E-state index >= 15 is 0 Å². The van der Waals surface area contributed by atoms with Gasteiger partial charge in [0.25, 0.3) is 0 Å². The van der Waals surface area contributed by atoms with Crippen LogP contribution in [0.25, 0.3) is 0 Å². The zero-order valence-corrected chi connectivity index (χ0v) is 10.1. The summed E-state index contributed by atoms with van der Waals surface area (Å²) < 4.78 is 12.6. The number of hydrogen-bond acceptors (Lipinski definition) is 3. The smallest absolute Gasteiger partial charge is 0.155 e. The Bertz CT molecular complexity index is 387. The van der Waals surface area contributed by atoms with E-state index < -0.39 is 0 Å². The van der Waals surface area contributed by atoms with Gasteiger partial charge in [-0.15, -0.1) is 11.8 Å². The summed E-state index contributed by atoms with van der Waals surface area (Å²) in [6, 6.07) is 6.27. The van der Waals surface area contributed by atoms with E-state index in [-0.39, 0.29) is 11.6 Å². The van der Waals surface area contributed by atoms with E-state index in [1.54, 1.807) is 18.2 Å². The van der Waals surface area contributed by atoms with Crippen LogP contribution in [0.2, 0.25) is 0 Å². The fourth-order valence-corrected chi connectivity index (χ4v) is 1.66. The van der Waals surface area contributed by atoms with E-state index in [4.69, 9.17) is 0 Å². The maximum Gasteiger partial charge on any atom is 0.155 e. The highest BCUT2D eigenvalue weighted by atomic mass is 32.2. The molecule has 0 saturated carbocycles. The molecule has 1 rings (SSSR count). The second-order valence-electron chi connectivity index (χ2n) is 3.30. The van der Waals surface area contributed by atoms with Crippen molar-refractivity contribution < 1.29 is 9.18 Å². The van der Waals surface area contributed by atoms with Gasteiger partial charge in [0.1, 0.15) is 5.82 Å². The molecule has 0 spiro atoms. The van der Waals surface area contributed by atoms with Crippen molar-refractivity contribution >= 4 is 17.5 Å². The van der Waals surface area contributed by atoms with E-state index in [1.807, 2.05) is 6.26 Å². The fraction of sp³-hybridized carbons (Fsp3) is 0.250. The van der Waals surface area contributed by atoms with Gasteiger partial charge in [0.05, 0.1) is 5.03 Å². The van der Waals surface area contributed by atoms with Crippen LogP contribution in [-0.2, 0) is 11.3 Å². The highest BCUT2D eigenvalue weighted by Gasteiger charge is 1.98. The molecule has 0 bridgehead atoms. The summed E-state index contributed by atoms with van der Waals surface area (Å²) in [5.41, 5.74) is 0.977. The molecule has 0 fully saturated rings. The second-order valence-corrected chi connectivity index (χ2v) is 4.15. The van der Waals surface area contributed by atoms with E-state index in [2.05, 4.69) is 5.32 Å². The van der Waals surface area contributed by atoms with Crippen LogP contribution in [0, 0.1) is 5.82 Å². The Morgan fingerprint density at radius 1 is 1.44 bits per heavy atom. The first kappa shape index (κ1) is 12.8. The number of carbonyl (C=O) groups is 1. The Morgan fingerprint density at radius 2 is 2.06 bits per heavy atom. The first-order valence-corrected chi connectivity index (χ1v) is 6.09. The molecule has 86 valence electrons. The molecule has 0 amide bonds. The minimum atomic E-state index is -0.242. The standard InChI is InChI=1S/C12H14FNOS/c1-9(15)7-12(16-2)14-8-10-3-5-11(13)6-4-10/h3-7,14H,8H2,1-2H3/b12-7-. The SMILES string of the molecule is CS/C(=C\C(C)=O)NCc1ccc(F)cc1. The molecular weight excluding hydrogens is 225 g/mol. The third-order valence-electron chi connectivity index (χ3n) is 1.93. The predicted molar refractivity (Wildman–Crippen MR) is 65.5 cm³/mol. The number of allylic oxidation sites excluding steroid dienone is 1. The highest BCUT2D eigenvalue weighted by Crippen LogP contribution is 2.09. The maximum atomic E-state index is 12.6. The molecule has 16 heavy (non-hydrogen) atoms. The molecule has 0 saturated heterocycles. The van der Waals surface area contributed by atoms with Crippen molar-refractivity contribution in [2.75, 3.05) is 6.26 Å². The zero-order chi connectivity index (χ0) is 12.0. The Morgan fingerprint density at radius 3 is 2.56 bits per heavy atom. The van der Waals surface area contributed by atoms with Gasteiger partial charge >= 0.3 is 0 Å². The van der Waals surface area contributed by atoms with Crippen LogP contribution in [0.1, 0.15) is 12.5 Å². The number of carbonyl (C=O) groups excluding carboxylic acids is 1. The Hall–Kier alpha value is -1.29. The van der Waals surface area contributed by atoms with Crippen LogP contribution in [-0.4, -0.2) is 12.0 Å². The van der Waals surface area contributed by atoms with Crippen molar-refractivity contribution in [2.24, 2.45) is 0 Å². The number of benzene rings is 1. The van der Waals surface area contributed by atoms with Crippen LogP contribution in [0.5, 0.6) is 0 Å². The van der Waals surface area contributed by atoms with Gasteiger partial charge < -0.3 is 5.32 Å². The van der Waals surface area contributed by atoms with Crippen molar-refractivity contribution in [1.82, 2.24) is 5.32 Å². The molecule has 0 aliphatic rings. The van der Waals surface area contributed by atoms with Gasteiger partial charge in [-0.3, -0.25) is 4.79 Å². The van der Waals surface area contributed by atoms with Crippen LogP contribution in [0.3, 0.4) is 0 Å². The summed E-state index contributed by atoms with van der Waals surface area (Å²) in [5.74, 6) is -0.232. The van der Waals surface area contributed by atoms with Gasteiger partial charge in [-0.05, 0) is 30.9 Å². The van der Waals surface area contributed by atoms with Gasteiger partial charge in [0.15, 0.2) is 5.78 Å². The third-order valence-corrected chi connectivity index (χ3v) is 2.64. The van der Waals surface area contributed by atoms with E-state index in [1.165, 1.54) is 30.8 Å². The molecule has 0 heterocycles. The Balaban J connectivity index is 2.56. The summed E-state index contributed by atoms with van der Waals surface area (Å²) >= 11 is 1.48. The number of hydrogen-bond donors (Lipinski definition) is 1. The molecule has 0 aromatic heterocycles. The summed E-state index contributed by atoms with van der Waals surface area (Å²) in [5, 5.41) is 3.93. The van der Waals surface area contributed by atoms with Gasteiger partial charge in [-0.2, -0.15) is 0 Å². The summed E-state index contributed by atoms with van der Waals surface area (Å²) in [4.78, 5) is 10.9. The zero-order valence-electron chi connectivity index (χ0n) is 9.29. The molecule has 0 unspecified atom stereocenters. The molecule has 1 aromatic carbocycles. The monoisotopic (exact) mass is 239 g/mol. The van der Waals surface area contributed by atoms with Crippen LogP contribution in [0.4, 0.5) is 4.39 Å². The van der Waals surface area contributed by atoms with Crippen molar-refractivity contribution in [3.05, 3.63) is 46.8 Å². The number of rotatable bonds is 5. The van der Waals surface area contributed by atoms with Crippen molar-refractivity contribution in [3.8, 4) is 0 Å². The fourth-order valence-electron chi connectivity index (χ4n) is 1.16. The Kier molecular flexibility index (Phi) is 5.05. The van der Waals surface area contributed by atoms with Gasteiger partial charge in [-0.1, -0.05) is 12.1 Å². The molecule has 0 atom stereocenters. The van der Waals surface area contributed by atoms with Crippen molar-refractivity contribution in [1.29, 1.82) is 0 Å². The lowest BCUT2D eigenvalue weighted by Gasteiger charge is -2.07. The molecule has 2 nitrogen and oxygen atoms in total. The van der Waals surface area contributed by atoms with Crippen LogP contribution < -0.4 is 5.32 Å². The quantitative estimate of drug-likeness (QED) is 0.801. The topological polar surface area (TPSA) is 29.1 Å². The van der Waals surface area contributed by atoms with Gasteiger partial charge in [0.2, 0.25) is 0 Å². The molecule has 0 aliphatic carbocycles. The summed E-state index contributed by atoms with van der Waals surface area (Å²) in [6.07, 6.45) is 3.45. The van der Waals surface area contributed by atoms with E-state index in [9.17, 15) is 9.18 Å². The normalized spacial score (nSPS) is 11.3. The van der Waals surface area contributed by atoms with E-state index in [0.717, 1.165) is 10.6 Å². The van der Waals surface area contributed by atoms with Crippen LogP contribution in [0.15, 0.2) is 35.4 Å². The largest absolute Gasteiger partial charge is 0.376 e. The first-order chi connectivity index (χ1) is 7.61. The number of thioether (sulfide) groups is 1. The van der Waals surface area contributed by atoms with Crippen molar-refractivity contribution in [3.63, 3.8) is 0 Å².